The molecule has 0 amide bonds. The third kappa shape index (κ3) is 5.06. The first-order valence-electron chi connectivity index (χ1n) is 8.56. The van der Waals surface area contributed by atoms with Crippen molar-refractivity contribution in [1.82, 2.24) is 40.8 Å². The molecule has 0 radical (unpaired) electrons. The van der Waals surface area contributed by atoms with E-state index in [4.69, 9.17) is 4.74 Å². The molecular weight excluding hydrogens is 348 g/mol. The van der Waals surface area contributed by atoms with Crippen molar-refractivity contribution >= 4 is 11.7 Å². The van der Waals surface area contributed by atoms with Crippen molar-refractivity contribution in [2.45, 2.75) is 33.2 Å². The minimum atomic E-state index is 0.534. The number of aryl methyl sites for hydroxylation is 1. The predicted octanol–water partition coefficient (Wildman–Crippen LogP) is 1.08. The van der Waals surface area contributed by atoms with E-state index >= 15 is 0 Å². The fraction of sp³-hybridized carbons (Fsp3) is 0.438. The monoisotopic (exact) mass is 370 g/mol. The molecule has 1 N–H and O–H groups in total. The number of rotatable bonds is 9. The lowest BCUT2D eigenvalue weighted by Gasteiger charge is -2.18. The van der Waals surface area contributed by atoms with Crippen LogP contribution < -0.4 is 9.75 Å². The van der Waals surface area contributed by atoms with Crippen molar-refractivity contribution in [3.63, 3.8) is 0 Å². The molecule has 11 heteroatoms. The van der Waals surface area contributed by atoms with Crippen molar-refractivity contribution < 1.29 is 4.74 Å². The van der Waals surface area contributed by atoms with Crippen LogP contribution in [0.25, 0.3) is 0 Å². The van der Waals surface area contributed by atoms with Crippen LogP contribution in [0.2, 0.25) is 0 Å². The van der Waals surface area contributed by atoms with E-state index in [9.17, 15) is 0 Å². The first-order valence-corrected chi connectivity index (χ1v) is 8.56. The second-order valence-corrected chi connectivity index (χ2v) is 6.09. The molecule has 0 spiro atoms. The lowest BCUT2D eigenvalue weighted by atomic mass is 10.2. The van der Waals surface area contributed by atoms with Crippen LogP contribution >= 0.6 is 0 Å². The average molecular weight is 370 g/mol. The molecule has 3 aromatic rings. The maximum Gasteiger partial charge on any atom is 0.266 e. The van der Waals surface area contributed by atoms with E-state index in [1.807, 2.05) is 38.1 Å². The Morgan fingerprint density at radius 3 is 2.70 bits per heavy atom. The van der Waals surface area contributed by atoms with Gasteiger partial charge in [0, 0.05) is 18.7 Å². The maximum absolute atomic E-state index is 5.20. The van der Waals surface area contributed by atoms with Gasteiger partial charge in [0.25, 0.3) is 5.95 Å². The molecule has 0 aliphatic carbocycles. The summed E-state index contributed by atoms with van der Waals surface area (Å²) in [5.41, 5.74) is 1.97. The number of aromatic amines is 1. The number of nitrogens with one attached hydrogen (secondary N) is 1. The summed E-state index contributed by atoms with van der Waals surface area (Å²) in [4.78, 5) is 0. The third-order valence-electron chi connectivity index (χ3n) is 3.72. The van der Waals surface area contributed by atoms with Gasteiger partial charge in [-0.25, -0.2) is 9.69 Å². The van der Waals surface area contributed by atoms with E-state index in [1.54, 1.807) is 16.8 Å². The summed E-state index contributed by atoms with van der Waals surface area (Å²) in [6, 6.07) is 7.80. The zero-order valence-corrected chi connectivity index (χ0v) is 15.6. The molecule has 0 fully saturated rings. The van der Waals surface area contributed by atoms with Gasteiger partial charge in [0.05, 0.1) is 13.7 Å². The number of hydrazone groups is 1. The smallest absolute Gasteiger partial charge is 0.266 e. The maximum atomic E-state index is 5.20. The topological polar surface area (TPSA) is 123 Å². The zero-order valence-electron chi connectivity index (χ0n) is 15.6. The van der Waals surface area contributed by atoms with Gasteiger partial charge in [-0.1, -0.05) is 22.4 Å². The van der Waals surface area contributed by atoms with Crippen molar-refractivity contribution in [2.24, 2.45) is 5.10 Å². The standard InChI is InChI=1S/C16H22N10O/c1-12(2)20-25(10-4-5-15-17-21-22-18-15)16-19-23-24-26(16)11-13-6-8-14(27-3)9-7-13/h6-9H,4-5,10-11H2,1-3H3,(H,17,18,21,22). The number of tetrazole rings is 2. The van der Waals surface area contributed by atoms with E-state index < -0.39 is 0 Å². The molecule has 0 aliphatic heterocycles. The Balaban J connectivity index is 1.72. The summed E-state index contributed by atoms with van der Waals surface area (Å²) < 4.78 is 6.92. The summed E-state index contributed by atoms with van der Waals surface area (Å²) >= 11 is 0. The Kier molecular flexibility index (Phi) is 6.02. The van der Waals surface area contributed by atoms with Gasteiger partial charge in [0.1, 0.15) is 5.75 Å². The quantitative estimate of drug-likeness (QED) is 0.438. The summed E-state index contributed by atoms with van der Waals surface area (Å²) in [6.07, 6.45) is 1.47. The highest BCUT2D eigenvalue weighted by atomic mass is 16.5. The van der Waals surface area contributed by atoms with E-state index in [0.717, 1.165) is 23.4 Å². The summed E-state index contributed by atoms with van der Waals surface area (Å²) in [5, 5.41) is 32.4. The predicted molar refractivity (Wildman–Crippen MR) is 98.5 cm³/mol. The van der Waals surface area contributed by atoms with Crippen LogP contribution in [-0.2, 0) is 13.0 Å². The molecule has 0 saturated carbocycles. The first kappa shape index (κ1) is 18.4. The number of hydrogen-bond donors (Lipinski definition) is 1. The van der Waals surface area contributed by atoms with Crippen LogP contribution in [0, 0.1) is 0 Å². The van der Waals surface area contributed by atoms with Gasteiger partial charge in [-0.15, -0.1) is 10.2 Å². The van der Waals surface area contributed by atoms with E-state index in [1.165, 1.54) is 0 Å². The highest BCUT2D eigenvalue weighted by Crippen LogP contribution is 2.16. The van der Waals surface area contributed by atoms with Gasteiger partial charge in [-0.2, -0.15) is 10.3 Å². The molecule has 0 aliphatic rings. The Labute approximate surface area is 156 Å². The van der Waals surface area contributed by atoms with Crippen LogP contribution in [0.3, 0.4) is 0 Å². The molecule has 0 atom stereocenters. The number of anilines is 1. The number of nitrogens with zero attached hydrogens (tertiary/aromatic N) is 9. The van der Waals surface area contributed by atoms with E-state index in [-0.39, 0.29) is 0 Å². The van der Waals surface area contributed by atoms with E-state index in [0.29, 0.717) is 31.3 Å². The molecular formula is C16H22N10O. The summed E-state index contributed by atoms with van der Waals surface area (Å²) in [7, 11) is 1.64. The van der Waals surface area contributed by atoms with Crippen LogP contribution in [0.4, 0.5) is 5.95 Å². The van der Waals surface area contributed by atoms with Crippen LogP contribution in [0.1, 0.15) is 31.7 Å². The number of aromatic nitrogens is 8. The first-order chi connectivity index (χ1) is 13.2. The van der Waals surface area contributed by atoms with Gasteiger partial charge in [-0.05, 0) is 48.4 Å². The molecule has 27 heavy (non-hydrogen) atoms. The number of methoxy groups -OCH3 is 1. The lowest BCUT2D eigenvalue weighted by Crippen LogP contribution is -2.24. The molecule has 142 valence electrons. The highest BCUT2D eigenvalue weighted by molar-refractivity contribution is 5.79. The van der Waals surface area contributed by atoms with Gasteiger partial charge < -0.3 is 4.74 Å². The minimum Gasteiger partial charge on any atom is -0.497 e. The van der Waals surface area contributed by atoms with Crippen LogP contribution in [0.5, 0.6) is 5.75 Å². The van der Waals surface area contributed by atoms with E-state index in [2.05, 4.69) is 41.3 Å². The number of benzene rings is 1. The normalized spacial score (nSPS) is 10.6. The number of hydrogen-bond acceptors (Lipinski definition) is 9. The Hall–Kier alpha value is -3.37. The third-order valence-corrected chi connectivity index (χ3v) is 3.72. The Morgan fingerprint density at radius 1 is 1.22 bits per heavy atom. The fourth-order valence-electron chi connectivity index (χ4n) is 2.50. The molecule has 3 rings (SSSR count). The van der Waals surface area contributed by atoms with Crippen molar-refractivity contribution in [2.75, 3.05) is 18.7 Å². The molecule has 2 aromatic heterocycles. The largest absolute Gasteiger partial charge is 0.497 e. The summed E-state index contributed by atoms with van der Waals surface area (Å²) in [6.45, 7) is 5.03. The molecule has 2 heterocycles. The molecule has 1 aromatic carbocycles. The van der Waals surface area contributed by atoms with Gasteiger partial charge >= 0.3 is 0 Å². The second kappa shape index (κ2) is 8.83. The second-order valence-electron chi connectivity index (χ2n) is 6.09. The van der Waals surface area contributed by atoms with Crippen molar-refractivity contribution in [3.05, 3.63) is 35.7 Å². The fourth-order valence-corrected chi connectivity index (χ4v) is 2.50. The highest BCUT2D eigenvalue weighted by Gasteiger charge is 2.15. The number of ether oxygens (including phenoxy) is 1. The minimum absolute atomic E-state index is 0.534. The average Bonchev–Trinajstić information content (AvgIpc) is 3.33. The number of H-pyrrole nitrogens is 1. The molecule has 0 saturated heterocycles. The lowest BCUT2D eigenvalue weighted by molar-refractivity contribution is 0.414. The van der Waals surface area contributed by atoms with Gasteiger partial charge in [0.2, 0.25) is 0 Å². The van der Waals surface area contributed by atoms with Crippen molar-refractivity contribution in [1.29, 1.82) is 0 Å². The van der Waals surface area contributed by atoms with Gasteiger partial charge in [-0.3, -0.25) is 0 Å². The summed E-state index contributed by atoms with van der Waals surface area (Å²) in [5.74, 6) is 2.06. The molecule has 0 bridgehead atoms. The van der Waals surface area contributed by atoms with Crippen molar-refractivity contribution in [3.8, 4) is 5.75 Å². The van der Waals surface area contributed by atoms with Crippen LogP contribution in [0.15, 0.2) is 29.4 Å². The molecule has 11 nitrogen and oxygen atoms in total. The Morgan fingerprint density at radius 2 is 2.04 bits per heavy atom. The molecule has 0 unspecified atom stereocenters. The zero-order chi connectivity index (χ0) is 19.1. The van der Waals surface area contributed by atoms with Crippen LogP contribution in [-0.4, -0.2) is 60.2 Å². The SMILES string of the molecule is COc1ccc(Cn2nnnc2N(CCCc2nn[nH]n2)N=C(C)C)cc1. The Bertz CT molecular complexity index is 852. The van der Waals surface area contributed by atoms with Gasteiger partial charge in [0.15, 0.2) is 5.82 Å².